The third-order valence-corrected chi connectivity index (χ3v) is 6.00. The zero-order chi connectivity index (χ0) is 17.9. The van der Waals surface area contributed by atoms with Crippen LogP contribution in [0.15, 0.2) is 12.4 Å². The van der Waals surface area contributed by atoms with Crippen LogP contribution in [0.1, 0.15) is 31.4 Å². The Balaban J connectivity index is 2.00. The van der Waals surface area contributed by atoms with E-state index in [0.717, 1.165) is 19.6 Å². The number of likely N-dealkylation sites (tertiary alicyclic amines) is 1. The van der Waals surface area contributed by atoms with Gasteiger partial charge in [-0.25, -0.2) is 8.42 Å². The molecule has 1 aromatic rings. The summed E-state index contributed by atoms with van der Waals surface area (Å²) in [6.45, 7) is 4.93. The molecule has 2 rings (SSSR count). The Bertz CT molecular complexity index is 628. The summed E-state index contributed by atoms with van der Waals surface area (Å²) in [7, 11) is 3.35. The molecule has 138 valence electrons. The van der Waals surface area contributed by atoms with Crippen molar-refractivity contribution in [1.29, 1.82) is 0 Å². The van der Waals surface area contributed by atoms with E-state index in [0.29, 0.717) is 12.0 Å². The van der Waals surface area contributed by atoms with Crippen molar-refractivity contribution in [3.8, 4) is 0 Å². The van der Waals surface area contributed by atoms with Crippen LogP contribution < -0.4 is 0 Å². The molecule has 0 N–H and O–H groups in total. The van der Waals surface area contributed by atoms with Gasteiger partial charge in [-0.2, -0.15) is 5.10 Å². The molecule has 0 amide bonds. The molecule has 0 radical (unpaired) electrons. The van der Waals surface area contributed by atoms with Crippen LogP contribution >= 0.6 is 0 Å². The largest absolute Gasteiger partial charge is 0.306 e. The van der Waals surface area contributed by atoms with Crippen molar-refractivity contribution in [3.63, 3.8) is 0 Å². The fourth-order valence-electron chi connectivity index (χ4n) is 4.15. The molecule has 0 saturated carbocycles. The topological polar surface area (TPSA) is 58.4 Å². The third-order valence-electron chi connectivity index (χ3n) is 4.83. The second kappa shape index (κ2) is 7.97. The molecule has 0 bridgehead atoms. The van der Waals surface area contributed by atoms with Crippen LogP contribution in [0.5, 0.6) is 0 Å². The maximum atomic E-state index is 11.5. The van der Waals surface area contributed by atoms with Gasteiger partial charge in [-0.05, 0) is 45.3 Å². The van der Waals surface area contributed by atoms with E-state index in [-0.39, 0.29) is 11.7 Å². The second-order valence-electron chi connectivity index (χ2n) is 7.69. The first-order chi connectivity index (χ1) is 11.2. The molecule has 0 aliphatic carbocycles. The molecule has 0 spiro atoms. The minimum Gasteiger partial charge on any atom is -0.306 e. The fourth-order valence-corrected chi connectivity index (χ4v) is 5.29. The Morgan fingerprint density at radius 1 is 1.42 bits per heavy atom. The summed E-state index contributed by atoms with van der Waals surface area (Å²) in [6.07, 6.45) is 7.83. The molecule has 0 aromatic carbocycles. The molecule has 1 aliphatic heterocycles. The summed E-state index contributed by atoms with van der Waals surface area (Å²) in [5.41, 5.74) is 1.28. The van der Waals surface area contributed by atoms with Gasteiger partial charge in [0.25, 0.3) is 0 Å². The number of aromatic nitrogens is 2. The number of piperidine rings is 1. The number of rotatable bonds is 7. The smallest absolute Gasteiger partial charge is 0.147 e. The molecule has 24 heavy (non-hydrogen) atoms. The van der Waals surface area contributed by atoms with Gasteiger partial charge in [-0.15, -0.1) is 0 Å². The zero-order valence-corrected chi connectivity index (χ0v) is 16.5. The molecule has 1 fully saturated rings. The van der Waals surface area contributed by atoms with Crippen LogP contribution in [0.4, 0.5) is 0 Å². The van der Waals surface area contributed by atoms with Crippen LogP contribution in [0.2, 0.25) is 0 Å². The van der Waals surface area contributed by atoms with Gasteiger partial charge in [0.15, 0.2) is 0 Å². The van der Waals surface area contributed by atoms with E-state index in [1.54, 1.807) is 0 Å². The Labute approximate surface area is 146 Å². The molecule has 1 aromatic heterocycles. The van der Waals surface area contributed by atoms with E-state index >= 15 is 0 Å². The zero-order valence-electron chi connectivity index (χ0n) is 15.6. The second-order valence-corrected chi connectivity index (χ2v) is 9.88. The van der Waals surface area contributed by atoms with Gasteiger partial charge in [0, 0.05) is 44.2 Å². The predicted molar refractivity (Wildman–Crippen MR) is 97.7 cm³/mol. The number of hydrogen-bond donors (Lipinski definition) is 0. The van der Waals surface area contributed by atoms with Crippen molar-refractivity contribution in [2.45, 2.75) is 25.8 Å². The summed E-state index contributed by atoms with van der Waals surface area (Å²) in [5.74, 6) is 0.958. The minimum atomic E-state index is -2.91. The first-order valence-corrected chi connectivity index (χ1v) is 10.8. The van der Waals surface area contributed by atoms with Gasteiger partial charge >= 0.3 is 0 Å². The highest BCUT2D eigenvalue weighted by Crippen LogP contribution is 2.35. The third kappa shape index (κ3) is 5.57. The van der Waals surface area contributed by atoms with Crippen LogP contribution in [-0.2, 0) is 16.9 Å². The van der Waals surface area contributed by atoms with Gasteiger partial charge in [0.05, 0.1) is 11.9 Å². The molecule has 1 aliphatic rings. The van der Waals surface area contributed by atoms with E-state index < -0.39 is 9.84 Å². The van der Waals surface area contributed by atoms with Gasteiger partial charge in [-0.1, -0.05) is 6.92 Å². The van der Waals surface area contributed by atoms with Gasteiger partial charge in [0.2, 0.25) is 0 Å². The van der Waals surface area contributed by atoms with Gasteiger partial charge in [-0.3, -0.25) is 9.58 Å². The van der Waals surface area contributed by atoms with E-state index in [1.165, 1.54) is 24.7 Å². The van der Waals surface area contributed by atoms with Crippen LogP contribution in [0.25, 0.3) is 0 Å². The highest BCUT2D eigenvalue weighted by Gasteiger charge is 2.32. The van der Waals surface area contributed by atoms with E-state index in [4.69, 9.17) is 0 Å². The first kappa shape index (κ1) is 19.4. The highest BCUT2D eigenvalue weighted by molar-refractivity contribution is 7.90. The van der Waals surface area contributed by atoms with Crippen LogP contribution in [0, 0.1) is 11.8 Å². The van der Waals surface area contributed by atoms with Crippen LogP contribution in [0.3, 0.4) is 0 Å². The maximum Gasteiger partial charge on any atom is 0.147 e. The maximum absolute atomic E-state index is 11.5. The van der Waals surface area contributed by atoms with Crippen molar-refractivity contribution in [1.82, 2.24) is 19.6 Å². The lowest BCUT2D eigenvalue weighted by atomic mass is 9.85. The summed E-state index contributed by atoms with van der Waals surface area (Å²) in [4.78, 5) is 4.72. The Kier molecular flexibility index (Phi) is 6.45. The van der Waals surface area contributed by atoms with E-state index in [1.807, 2.05) is 24.9 Å². The minimum absolute atomic E-state index is 0.156. The van der Waals surface area contributed by atoms with Crippen molar-refractivity contribution in [2.24, 2.45) is 18.9 Å². The lowest BCUT2D eigenvalue weighted by Gasteiger charge is -2.40. The predicted octanol–water partition coefficient (Wildman–Crippen LogP) is 1.42. The van der Waals surface area contributed by atoms with Crippen molar-refractivity contribution >= 4 is 9.84 Å². The van der Waals surface area contributed by atoms with Crippen molar-refractivity contribution in [3.05, 3.63) is 18.0 Å². The quantitative estimate of drug-likeness (QED) is 0.739. The van der Waals surface area contributed by atoms with Crippen LogP contribution in [-0.4, -0.2) is 73.7 Å². The molecule has 3 atom stereocenters. The number of nitrogens with zero attached hydrogens (tertiary/aromatic N) is 4. The average molecular weight is 357 g/mol. The summed E-state index contributed by atoms with van der Waals surface area (Å²) in [5, 5.41) is 4.34. The Morgan fingerprint density at radius 2 is 2.12 bits per heavy atom. The molecular weight excluding hydrogens is 324 g/mol. The Hall–Kier alpha value is -0.920. The standard InChI is InChI=1S/C17H32N4O2S/c1-14(13-24(5,22)23)10-19(2)11-15-7-6-8-20(3)17(15)16-9-18-21(4)12-16/h9,12,14-15,17H,6-8,10-11,13H2,1-5H3/t14-,15+,17-/m1/s1. The SMILES string of the molecule is C[C@H](CN(C)C[C@@H]1CCCN(C)[C@H]1c1cnn(C)c1)CS(C)(=O)=O. The van der Waals surface area contributed by atoms with E-state index in [2.05, 4.69) is 35.2 Å². The lowest BCUT2D eigenvalue weighted by Crippen LogP contribution is -2.42. The molecular formula is C17H32N4O2S. The number of sulfone groups is 1. The Morgan fingerprint density at radius 3 is 2.71 bits per heavy atom. The number of aryl methyl sites for hydroxylation is 1. The normalized spacial score (nSPS) is 24.4. The van der Waals surface area contributed by atoms with Gasteiger partial charge in [0.1, 0.15) is 9.84 Å². The molecule has 6 nitrogen and oxygen atoms in total. The molecule has 2 heterocycles. The van der Waals surface area contributed by atoms with E-state index in [9.17, 15) is 8.42 Å². The fraction of sp³-hybridized carbons (Fsp3) is 0.824. The number of hydrogen-bond acceptors (Lipinski definition) is 5. The summed E-state index contributed by atoms with van der Waals surface area (Å²) >= 11 is 0. The van der Waals surface area contributed by atoms with Gasteiger partial charge < -0.3 is 4.90 Å². The lowest BCUT2D eigenvalue weighted by molar-refractivity contribution is 0.0914. The summed E-state index contributed by atoms with van der Waals surface area (Å²) < 4.78 is 24.8. The highest BCUT2D eigenvalue weighted by atomic mass is 32.2. The average Bonchev–Trinajstić information content (AvgIpc) is 2.82. The molecule has 0 unspecified atom stereocenters. The first-order valence-electron chi connectivity index (χ1n) is 8.70. The van der Waals surface area contributed by atoms with Crippen molar-refractivity contribution < 1.29 is 8.42 Å². The monoisotopic (exact) mass is 356 g/mol. The summed E-state index contributed by atoms with van der Waals surface area (Å²) in [6, 6.07) is 0.389. The van der Waals surface area contributed by atoms with Crippen molar-refractivity contribution in [2.75, 3.05) is 45.7 Å². The molecule has 7 heteroatoms. The molecule has 1 saturated heterocycles.